The van der Waals surface area contributed by atoms with Gasteiger partial charge in [-0.3, -0.25) is 4.79 Å². The van der Waals surface area contributed by atoms with E-state index in [0.717, 1.165) is 12.8 Å². The molecular weight excluding hydrogens is 226 g/mol. The van der Waals surface area contributed by atoms with Crippen LogP contribution >= 0.6 is 0 Å². The number of carbonyl (C=O) groups excluding carboxylic acids is 1. The Labute approximate surface area is 98.7 Å². The Morgan fingerprint density at radius 1 is 1.12 bits per heavy atom. The summed E-state index contributed by atoms with van der Waals surface area (Å²) in [5, 5.41) is 2.61. The number of carbonyl (C=O) groups is 1. The van der Waals surface area contributed by atoms with Gasteiger partial charge >= 0.3 is 0 Å². The molecule has 0 heterocycles. The third-order valence-corrected chi connectivity index (χ3v) is 3.25. The fourth-order valence-electron chi connectivity index (χ4n) is 1.35. The molecule has 0 aromatic heterocycles. The molecule has 4 nitrogen and oxygen atoms in total. The molecule has 0 aromatic carbocycles. The fraction of sp³-hybridized carbons (Fsp3) is 0.909. The largest absolute Gasteiger partial charge is 0.355 e. The zero-order chi connectivity index (χ0) is 12.4. The summed E-state index contributed by atoms with van der Waals surface area (Å²) >= 11 is 0. The van der Waals surface area contributed by atoms with Gasteiger partial charge in [0.05, 0.1) is 5.75 Å². The van der Waals surface area contributed by atoms with Crippen molar-refractivity contribution in [2.45, 2.75) is 45.4 Å². The smallest absolute Gasteiger partial charge is 0.220 e. The molecule has 0 aliphatic rings. The summed E-state index contributed by atoms with van der Waals surface area (Å²) in [5.41, 5.74) is 0. The molecule has 0 unspecified atom stereocenters. The lowest BCUT2D eigenvalue weighted by Gasteiger charge is -2.04. The van der Waals surface area contributed by atoms with Gasteiger partial charge in [0.25, 0.3) is 0 Å². The molecule has 0 bridgehead atoms. The van der Waals surface area contributed by atoms with Crippen molar-refractivity contribution in [3.05, 3.63) is 0 Å². The predicted molar refractivity (Wildman–Crippen MR) is 66.1 cm³/mol. The number of nitrogens with one attached hydrogen (secondary N) is 1. The van der Waals surface area contributed by atoms with Gasteiger partial charge in [-0.1, -0.05) is 32.6 Å². The summed E-state index contributed by atoms with van der Waals surface area (Å²) in [6, 6.07) is 0. The third kappa shape index (κ3) is 11.5. The second-order valence-electron chi connectivity index (χ2n) is 4.14. The van der Waals surface area contributed by atoms with E-state index in [-0.39, 0.29) is 18.2 Å². The van der Waals surface area contributed by atoms with Crippen LogP contribution in [0.25, 0.3) is 0 Å². The molecule has 0 saturated carbocycles. The zero-order valence-electron chi connectivity index (χ0n) is 10.3. The Hall–Kier alpha value is -0.580. The highest BCUT2D eigenvalue weighted by molar-refractivity contribution is 7.90. The average Bonchev–Trinajstić information content (AvgIpc) is 2.15. The first-order valence-electron chi connectivity index (χ1n) is 5.90. The Kier molecular flexibility index (Phi) is 8.25. The second-order valence-corrected chi connectivity index (χ2v) is 6.40. The van der Waals surface area contributed by atoms with E-state index < -0.39 is 9.84 Å². The SMILES string of the molecule is CCCCCCCC(=O)NCCS(C)(=O)=O. The van der Waals surface area contributed by atoms with Crippen molar-refractivity contribution in [2.75, 3.05) is 18.6 Å². The Bertz CT molecular complexity index is 286. The van der Waals surface area contributed by atoms with Crippen molar-refractivity contribution in [2.24, 2.45) is 0 Å². The van der Waals surface area contributed by atoms with E-state index in [4.69, 9.17) is 0 Å². The minimum atomic E-state index is -2.97. The van der Waals surface area contributed by atoms with Gasteiger partial charge in [0, 0.05) is 19.2 Å². The van der Waals surface area contributed by atoms with Crippen molar-refractivity contribution >= 4 is 15.7 Å². The lowest BCUT2D eigenvalue weighted by atomic mass is 10.1. The first kappa shape index (κ1) is 15.4. The lowest BCUT2D eigenvalue weighted by molar-refractivity contribution is -0.121. The van der Waals surface area contributed by atoms with E-state index >= 15 is 0 Å². The van der Waals surface area contributed by atoms with Crippen LogP contribution in [0.1, 0.15) is 45.4 Å². The van der Waals surface area contributed by atoms with Crippen LogP contribution in [0.2, 0.25) is 0 Å². The average molecular weight is 249 g/mol. The van der Waals surface area contributed by atoms with E-state index in [1.165, 1.54) is 25.5 Å². The summed E-state index contributed by atoms with van der Waals surface area (Å²) < 4.78 is 21.6. The van der Waals surface area contributed by atoms with Gasteiger partial charge in [0.1, 0.15) is 9.84 Å². The first-order chi connectivity index (χ1) is 7.45. The highest BCUT2D eigenvalue weighted by Crippen LogP contribution is 2.04. The second kappa shape index (κ2) is 8.56. The highest BCUT2D eigenvalue weighted by atomic mass is 32.2. The normalized spacial score (nSPS) is 11.4. The van der Waals surface area contributed by atoms with Crippen LogP contribution in [0.5, 0.6) is 0 Å². The van der Waals surface area contributed by atoms with Gasteiger partial charge < -0.3 is 5.32 Å². The maximum Gasteiger partial charge on any atom is 0.220 e. The number of hydrogen-bond donors (Lipinski definition) is 1. The Morgan fingerprint density at radius 2 is 1.75 bits per heavy atom. The molecular formula is C11H23NO3S. The van der Waals surface area contributed by atoms with Gasteiger partial charge in [-0.05, 0) is 6.42 Å². The summed E-state index contributed by atoms with van der Waals surface area (Å²) in [6.45, 7) is 2.38. The molecule has 16 heavy (non-hydrogen) atoms. The Balaban J connectivity index is 3.38. The van der Waals surface area contributed by atoms with Crippen LogP contribution in [0, 0.1) is 0 Å². The molecule has 0 radical (unpaired) electrons. The van der Waals surface area contributed by atoms with Crippen molar-refractivity contribution in [3.63, 3.8) is 0 Å². The van der Waals surface area contributed by atoms with Crippen molar-refractivity contribution < 1.29 is 13.2 Å². The number of rotatable bonds is 9. The van der Waals surface area contributed by atoms with E-state index in [1.54, 1.807) is 0 Å². The standard InChI is InChI=1S/C11H23NO3S/c1-3-4-5-6-7-8-11(13)12-9-10-16(2,14)15/h3-10H2,1-2H3,(H,12,13). The monoisotopic (exact) mass is 249 g/mol. The van der Waals surface area contributed by atoms with Crippen LogP contribution in [-0.4, -0.2) is 32.9 Å². The predicted octanol–water partition coefficient (Wildman–Crippen LogP) is 1.51. The third-order valence-electron chi connectivity index (χ3n) is 2.30. The van der Waals surface area contributed by atoms with Crippen LogP contribution in [-0.2, 0) is 14.6 Å². The fourth-order valence-corrected chi connectivity index (χ4v) is 1.83. The van der Waals surface area contributed by atoms with Gasteiger partial charge in [-0.25, -0.2) is 8.42 Å². The quantitative estimate of drug-likeness (QED) is 0.630. The number of amides is 1. The lowest BCUT2D eigenvalue weighted by Crippen LogP contribution is -2.28. The molecule has 1 amide bonds. The van der Waals surface area contributed by atoms with Crippen LogP contribution in [0.15, 0.2) is 0 Å². The van der Waals surface area contributed by atoms with Gasteiger partial charge in [-0.2, -0.15) is 0 Å². The Morgan fingerprint density at radius 3 is 2.31 bits per heavy atom. The molecule has 0 spiro atoms. The summed E-state index contributed by atoms with van der Waals surface area (Å²) in [4.78, 5) is 11.3. The minimum Gasteiger partial charge on any atom is -0.355 e. The van der Waals surface area contributed by atoms with Gasteiger partial charge in [0.15, 0.2) is 0 Å². The van der Waals surface area contributed by atoms with Crippen LogP contribution in [0.4, 0.5) is 0 Å². The number of unbranched alkanes of at least 4 members (excludes halogenated alkanes) is 4. The molecule has 0 aliphatic carbocycles. The molecule has 0 aliphatic heterocycles. The summed E-state index contributed by atoms with van der Waals surface area (Å²) in [6.07, 6.45) is 7.23. The van der Waals surface area contributed by atoms with Gasteiger partial charge in [0.2, 0.25) is 5.91 Å². The number of hydrogen-bond acceptors (Lipinski definition) is 3. The molecule has 1 N–H and O–H groups in total. The van der Waals surface area contributed by atoms with E-state index in [9.17, 15) is 13.2 Å². The van der Waals surface area contributed by atoms with E-state index in [2.05, 4.69) is 12.2 Å². The molecule has 0 atom stereocenters. The number of sulfone groups is 1. The van der Waals surface area contributed by atoms with Crippen molar-refractivity contribution in [3.8, 4) is 0 Å². The summed E-state index contributed by atoms with van der Waals surface area (Å²) in [5.74, 6) is -0.0191. The molecule has 96 valence electrons. The zero-order valence-corrected chi connectivity index (χ0v) is 11.1. The minimum absolute atomic E-state index is 0.0224. The molecule has 5 heteroatoms. The molecule has 0 fully saturated rings. The van der Waals surface area contributed by atoms with Crippen molar-refractivity contribution in [1.82, 2.24) is 5.32 Å². The van der Waals surface area contributed by atoms with Crippen molar-refractivity contribution in [1.29, 1.82) is 0 Å². The van der Waals surface area contributed by atoms with Crippen LogP contribution < -0.4 is 5.32 Å². The van der Waals surface area contributed by atoms with Crippen LogP contribution in [0.3, 0.4) is 0 Å². The van der Waals surface area contributed by atoms with E-state index in [1.807, 2.05) is 0 Å². The highest BCUT2D eigenvalue weighted by Gasteiger charge is 2.04. The molecule has 0 saturated heterocycles. The van der Waals surface area contributed by atoms with E-state index in [0.29, 0.717) is 6.42 Å². The van der Waals surface area contributed by atoms with Gasteiger partial charge in [-0.15, -0.1) is 0 Å². The molecule has 0 rings (SSSR count). The topological polar surface area (TPSA) is 63.2 Å². The molecule has 0 aromatic rings. The first-order valence-corrected chi connectivity index (χ1v) is 7.96. The maximum atomic E-state index is 11.3. The maximum absolute atomic E-state index is 11.3. The summed E-state index contributed by atoms with van der Waals surface area (Å²) in [7, 11) is -2.97.